The highest BCUT2D eigenvalue weighted by Gasteiger charge is 2.43. The fraction of sp³-hybridized carbons (Fsp3) is 1.00. The molecular weight excluding hydrogens is 309 g/mol. The largest absolute Gasteiger partial charge is 0.437 e. The number of hydrogen-bond acceptors (Lipinski definition) is 3. The fourth-order valence-electron chi connectivity index (χ4n) is 2.09. The van der Waals surface area contributed by atoms with Crippen LogP contribution in [-0.2, 0) is 12.3 Å². The highest BCUT2D eigenvalue weighted by molar-refractivity contribution is 6.90. The lowest BCUT2D eigenvalue weighted by Gasteiger charge is -2.40. The predicted octanol–water partition coefficient (Wildman–Crippen LogP) is 2.80. The highest BCUT2D eigenvalue weighted by atomic mass is 28.5. The maximum absolute atomic E-state index is 6.46. The Morgan fingerprint density at radius 3 is 1.33 bits per heavy atom. The van der Waals surface area contributed by atoms with E-state index >= 15 is 0 Å². The molecule has 0 saturated carbocycles. The molecule has 0 bridgehead atoms. The van der Waals surface area contributed by atoms with Gasteiger partial charge < -0.3 is 12.3 Å². The lowest BCUT2D eigenvalue weighted by atomic mass is 11.8. The van der Waals surface area contributed by atoms with Crippen molar-refractivity contribution in [2.75, 3.05) is 0 Å². The van der Waals surface area contributed by atoms with Gasteiger partial charge in [0.25, 0.3) is 0 Å². The van der Waals surface area contributed by atoms with Crippen LogP contribution in [0.15, 0.2) is 0 Å². The molecule has 0 amide bonds. The molecule has 1 unspecified atom stereocenters. The SMILES string of the molecule is C[Si](C)(C)O[Si](C)(C)O[Si](C)(C[SiH3])O[Si](C)(C)C. The summed E-state index contributed by atoms with van der Waals surface area (Å²) in [5.41, 5.74) is 1.13. The second-order valence-electron chi connectivity index (χ2n) is 7.42. The van der Waals surface area contributed by atoms with Crippen molar-refractivity contribution in [3.8, 4) is 0 Å². The summed E-state index contributed by atoms with van der Waals surface area (Å²) < 4.78 is 19.1. The van der Waals surface area contributed by atoms with Gasteiger partial charge in [0, 0.05) is 10.2 Å². The van der Waals surface area contributed by atoms with Gasteiger partial charge in [-0.1, -0.05) is 0 Å². The third kappa shape index (κ3) is 8.96. The Morgan fingerprint density at radius 2 is 1.06 bits per heavy atom. The minimum absolute atomic E-state index is 1.13. The lowest BCUT2D eigenvalue weighted by molar-refractivity contribution is 0.329. The van der Waals surface area contributed by atoms with Crippen molar-refractivity contribution in [1.29, 1.82) is 0 Å². The predicted molar refractivity (Wildman–Crippen MR) is 93.8 cm³/mol. The van der Waals surface area contributed by atoms with E-state index in [9.17, 15) is 0 Å². The fourth-order valence-corrected chi connectivity index (χ4v) is 22.2. The summed E-state index contributed by atoms with van der Waals surface area (Å²) in [6.45, 7) is 20.0. The van der Waals surface area contributed by atoms with E-state index in [1.165, 1.54) is 0 Å². The Labute approximate surface area is 121 Å². The standard InChI is InChI=1S/C10H32O3Si5/c1-15(2,3)11-17(7,8)13-18(9,10-14)12-16(4,5)6/h10H2,1-9,14H3. The van der Waals surface area contributed by atoms with E-state index in [1.807, 2.05) is 0 Å². The summed E-state index contributed by atoms with van der Waals surface area (Å²) in [4.78, 5) is 0. The first kappa shape index (κ1) is 19.0. The third-order valence-electron chi connectivity index (χ3n) is 2.18. The van der Waals surface area contributed by atoms with Crippen molar-refractivity contribution < 1.29 is 12.3 Å². The maximum atomic E-state index is 6.46. The summed E-state index contributed by atoms with van der Waals surface area (Å²) in [7, 11) is -6.00. The van der Waals surface area contributed by atoms with Crippen LogP contribution in [0.1, 0.15) is 0 Å². The molecule has 0 rings (SSSR count). The Balaban J connectivity index is 4.80. The number of hydrogen-bond donors (Lipinski definition) is 0. The Bertz CT molecular complexity index is 272. The van der Waals surface area contributed by atoms with Gasteiger partial charge in [-0.05, 0) is 64.6 Å². The molecule has 3 nitrogen and oxygen atoms in total. The molecule has 0 fully saturated rings. The molecule has 8 heteroatoms. The zero-order valence-electron chi connectivity index (χ0n) is 13.9. The van der Waals surface area contributed by atoms with Gasteiger partial charge in [-0.25, -0.2) is 0 Å². The van der Waals surface area contributed by atoms with Crippen molar-refractivity contribution in [2.24, 2.45) is 0 Å². The van der Waals surface area contributed by atoms with E-state index in [4.69, 9.17) is 12.3 Å². The van der Waals surface area contributed by atoms with Crippen LogP contribution in [0.5, 0.6) is 0 Å². The first-order chi connectivity index (χ1) is 7.68. The van der Waals surface area contributed by atoms with E-state index in [0.29, 0.717) is 0 Å². The topological polar surface area (TPSA) is 27.7 Å². The quantitative estimate of drug-likeness (QED) is 0.667. The van der Waals surface area contributed by atoms with E-state index in [2.05, 4.69) is 58.9 Å². The normalized spacial score (nSPS) is 17.8. The van der Waals surface area contributed by atoms with Gasteiger partial charge in [0.2, 0.25) is 0 Å². The lowest BCUT2D eigenvalue weighted by Crippen LogP contribution is -2.56. The van der Waals surface area contributed by atoms with Crippen molar-refractivity contribution in [2.45, 2.75) is 64.6 Å². The zero-order chi connectivity index (χ0) is 14.8. The molecule has 0 N–H and O–H groups in total. The van der Waals surface area contributed by atoms with E-state index in [-0.39, 0.29) is 0 Å². The van der Waals surface area contributed by atoms with Crippen molar-refractivity contribution in [1.82, 2.24) is 0 Å². The van der Waals surface area contributed by atoms with Crippen LogP contribution in [0, 0.1) is 0 Å². The van der Waals surface area contributed by atoms with Gasteiger partial charge in [0.15, 0.2) is 16.6 Å². The van der Waals surface area contributed by atoms with Crippen molar-refractivity contribution in [3.05, 3.63) is 0 Å². The highest BCUT2D eigenvalue weighted by Crippen LogP contribution is 2.25. The minimum atomic E-state index is -2.05. The Morgan fingerprint density at radius 1 is 0.667 bits per heavy atom. The molecule has 0 heterocycles. The maximum Gasteiger partial charge on any atom is 0.312 e. The van der Waals surface area contributed by atoms with Crippen LogP contribution >= 0.6 is 0 Å². The van der Waals surface area contributed by atoms with E-state index in [0.717, 1.165) is 15.9 Å². The second-order valence-corrected chi connectivity index (χ2v) is 26.2. The van der Waals surface area contributed by atoms with Crippen LogP contribution in [-0.4, -0.2) is 44.0 Å². The molecule has 0 aliphatic carbocycles. The molecule has 0 spiro atoms. The monoisotopic (exact) mass is 340 g/mol. The smallest absolute Gasteiger partial charge is 0.312 e. The van der Waals surface area contributed by atoms with Gasteiger partial charge >= 0.3 is 17.1 Å². The Kier molecular flexibility index (Phi) is 6.49. The third-order valence-corrected chi connectivity index (χ3v) is 19.6. The Hall–Kier alpha value is 0.964. The first-order valence-electron chi connectivity index (χ1n) is 6.79. The van der Waals surface area contributed by atoms with Gasteiger partial charge in [-0.2, -0.15) is 0 Å². The summed E-state index contributed by atoms with van der Waals surface area (Å²) in [6, 6.07) is 0. The molecule has 0 aromatic carbocycles. The summed E-state index contributed by atoms with van der Waals surface area (Å²) in [6.07, 6.45) is 0. The van der Waals surface area contributed by atoms with Crippen LogP contribution in [0.4, 0.5) is 0 Å². The molecule has 0 aromatic rings. The van der Waals surface area contributed by atoms with Gasteiger partial charge in [-0.15, -0.1) is 0 Å². The van der Waals surface area contributed by atoms with Crippen LogP contribution < -0.4 is 0 Å². The molecular formula is C10H32O3Si5. The van der Waals surface area contributed by atoms with Crippen LogP contribution in [0.3, 0.4) is 0 Å². The molecule has 1 atom stereocenters. The summed E-state index contributed by atoms with van der Waals surface area (Å²) in [5, 5.41) is 0. The zero-order valence-corrected chi connectivity index (χ0v) is 19.9. The molecule has 18 heavy (non-hydrogen) atoms. The molecule has 0 aromatic heterocycles. The van der Waals surface area contributed by atoms with E-state index in [1.54, 1.807) is 0 Å². The van der Waals surface area contributed by atoms with Crippen LogP contribution in [0.2, 0.25) is 64.6 Å². The molecule has 0 aliphatic rings. The molecule has 110 valence electrons. The summed E-state index contributed by atoms with van der Waals surface area (Å²) in [5.74, 6) is 0. The van der Waals surface area contributed by atoms with Crippen molar-refractivity contribution in [3.63, 3.8) is 0 Å². The van der Waals surface area contributed by atoms with E-state index < -0.39 is 33.8 Å². The van der Waals surface area contributed by atoms with Crippen LogP contribution in [0.25, 0.3) is 0 Å². The van der Waals surface area contributed by atoms with Gasteiger partial charge in [0.05, 0.1) is 0 Å². The molecule has 0 aliphatic heterocycles. The number of rotatable bonds is 7. The van der Waals surface area contributed by atoms with Gasteiger partial charge in [-0.3, -0.25) is 0 Å². The average Bonchev–Trinajstić information content (AvgIpc) is 1.93. The first-order valence-corrected chi connectivity index (χ1v) is 20.4. The van der Waals surface area contributed by atoms with Crippen molar-refractivity contribution >= 4 is 44.0 Å². The molecule has 0 radical (unpaired) electrons. The summed E-state index contributed by atoms with van der Waals surface area (Å²) >= 11 is 0. The van der Waals surface area contributed by atoms with Gasteiger partial charge in [0.1, 0.15) is 0 Å². The average molecular weight is 341 g/mol. The molecule has 0 saturated heterocycles. The second kappa shape index (κ2) is 6.16. The minimum Gasteiger partial charge on any atom is -0.437 e.